The van der Waals surface area contributed by atoms with Crippen molar-refractivity contribution < 1.29 is 28.6 Å². The summed E-state index contributed by atoms with van der Waals surface area (Å²) in [6.45, 7) is 6.10. The van der Waals surface area contributed by atoms with Crippen LogP contribution in [0.4, 0.5) is 0 Å². The summed E-state index contributed by atoms with van der Waals surface area (Å²) in [6.07, 6.45) is 69.2. The van der Waals surface area contributed by atoms with Crippen molar-refractivity contribution >= 4 is 17.9 Å². The second-order valence-corrected chi connectivity index (χ2v) is 15.2. The number of unbranched alkanes of at least 4 members (excludes halogenated alkanes) is 9. The van der Waals surface area contributed by atoms with E-state index in [1.807, 2.05) is 18.2 Å². The van der Waals surface area contributed by atoms with E-state index in [4.69, 9.17) is 14.2 Å². The van der Waals surface area contributed by atoms with Crippen molar-refractivity contribution in [1.82, 2.24) is 0 Å². The van der Waals surface area contributed by atoms with Gasteiger partial charge in [-0.3, -0.25) is 14.4 Å². The molecule has 346 valence electrons. The van der Waals surface area contributed by atoms with Gasteiger partial charge in [0, 0.05) is 12.8 Å². The molecule has 0 aromatic rings. The third-order valence-electron chi connectivity index (χ3n) is 9.43. The van der Waals surface area contributed by atoms with E-state index < -0.39 is 18.0 Å². The van der Waals surface area contributed by atoms with Crippen LogP contribution >= 0.6 is 0 Å². The van der Waals surface area contributed by atoms with Crippen LogP contribution in [0.15, 0.2) is 134 Å². The summed E-state index contributed by atoms with van der Waals surface area (Å²) in [7, 11) is 0. The predicted octanol–water partition coefficient (Wildman–Crippen LogP) is 15.9. The largest absolute Gasteiger partial charge is 0.462 e. The molecule has 0 rings (SSSR count). The lowest BCUT2D eigenvalue weighted by atomic mass is 10.1. The molecule has 62 heavy (non-hydrogen) atoms. The Hall–Kier alpha value is -4.45. The van der Waals surface area contributed by atoms with Crippen molar-refractivity contribution in [3.63, 3.8) is 0 Å². The SMILES string of the molecule is CC/C=C\C/C=C\C/C=C\C/C=C\C/C=C\CCC(=O)OC(COC(=O)C/C=C\C/C=C\C/C=C\CC)COC(=O)CCCCCCCCCCC/C=C\C/C=C\C/C=C\CC. The van der Waals surface area contributed by atoms with Gasteiger partial charge in [-0.1, -0.05) is 199 Å². The van der Waals surface area contributed by atoms with Crippen molar-refractivity contribution in [2.24, 2.45) is 0 Å². The number of ether oxygens (including phenoxy) is 3. The van der Waals surface area contributed by atoms with E-state index >= 15 is 0 Å². The molecule has 0 fully saturated rings. The zero-order valence-electron chi connectivity index (χ0n) is 39.3. The van der Waals surface area contributed by atoms with Crippen LogP contribution in [0.3, 0.4) is 0 Å². The first-order valence-corrected chi connectivity index (χ1v) is 24.2. The van der Waals surface area contributed by atoms with E-state index in [0.29, 0.717) is 12.8 Å². The summed E-state index contributed by atoms with van der Waals surface area (Å²) >= 11 is 0. The van der Waals surface area contributed by atoms with Gasteiger partial charge in [-0.05, 0) is 96.3 Å². The summed E-state index contributed by atoms with van der Waals surface area (Å²) in [5.74, 6) is -1.17. The summed E-state index contributed by atoms with van der Waals surface area (Å²) in [5.41, 5.74) is 0. The van der Waals surface area contributed by atoms with E-state index in [2.05, 4.69) is 130 Å². The van der Waals surface area contributed by atoms with E-state index in [1.54, 1.807) is 6.08 Å². The standard InChI is InChI=1S/C56H86O6/c1-4-7-10-13-16-19-21-23-25-27-28-29-31-32-34-37-40-43-46-49-55(58)61-52-53(51-60-54(57)48-45-42-39-36-18-15-12-9-6-3)62-56(59)50-47-44-41-38-35-33-30-26-24-22-20-17-14-11-8-5-2/h7-12,16-20,23-26,33,35-36,41-42,44-45,53H,4-6,13-15,21-22,27-32,34,37-40,43,46-52H2,1-3H3/b10-7-,11-8-,12-9-,19-16-,20-17-,25-23-,26-24-,35-33-,36-18-,44-41-,45-42-. The maximum atomic E-state index is 12.7. The van der Waals surface area contributed by atoms with Gasteiger partial charge in [0.2, 0.25) is 0 Å². The molecule has 1 unspecified atom stereocenters. The Kier molecular flexibility index (Phi) is 45.7. The molecule has 0 spiro atoms. The summed E-state index contributed by atoms with van der Waals surface area (Å²) < 4.78 is 16.5. The molecular weight excluding hydrogens is 769 g/mol. The van der Waals surface area contributed by atoms with Crippen molar-refractivity contribution in [2.45, 2.75) is 187 Å². The molecule has 6 nitrogen and oxygen atoms in total. The second-order valence-electron chi connectivity index (χ2n) is 15.2. The highest BCUT2D eigenvalue weighted by molar-refractivity contribution is 5.72. The highest BCUT2D eigenvalue weighted by Crippen LogP contribution is 2.13. The Balaban J connectivity index is 4.50. The zero-order valence-corrected chi connectivity index (χ0v) is 39.3. The number of allylic oxidation sites excluding steroid dienone is 21. The lowest BCUT2D eigenvalue weighted by Gasteiger charge is -2.18. The minimum absolute atomic E-state index is 0.113. The van der Waals surface area contributed by atoms with E-state index in [-0.39, 0.29) is 32.0 Å². The zero-order chi connectivity index (χ0) is 45.1. The number of rotatable bonds is 41. The van der Waals surface area contributed by atoms with Gasteiger partial charge in [0.15, 0.2) is 6.10 Å². The average Bonchev–Trinajstić information content (AvgIpc) is 3.27. The summed E-state index contributed by atoms with van der Waals surface area (Å²) in [4.78, 5) is 37.7. The Morgan fingerprint density at radius 3 is 1.11 bits per heavy atom. The van der Waals surface area contributed by atoms with Gasteiger partial charge in [-0.2, -0.15) is 0 Å². The molecule has 1 atom stereocenters. The highest BCUT2D eigenvalue weighted by Gasteiger charge is 2.19. The van der Waals surface area contributed by atoms with Gasteiger partial charge < -0.3 is 14.2 Å². The Morgan fingerprint density at radius 2 is 0.677 bits per heavy atom. The fourth-order valence-corrected chi connectivity index (χ4v) is 5.92. The maximum Gasteiger partial charge on any atom is 0.309 e. The average molecular weight is 855 g/mol. The van der Waals surface area contributed by atoms with Gasteiger partial charge in [0.1, 0.15) is 13.2 Å². The minimum atomic E-state index is -0.858. The van der Waals surface area contributed by atoms with Gasteiger partial charge in [0.05, 0.1) is 6.42 Å². The third-order valence-corrected chi connectivity index (χ3v) is 9.43. The molecule has 0 aromatic carbocycles. The Morgan fingerprint density at radius 1 is 0.339 bits per heavy atom. The van der Waals surface area contributed by atoms with Crippen molar-refractivity contribution in [3.8, 4) is 0 Å². The molecule has 0 heterocycles. The summed E-state index contributed by atoms with van der Waals surface area (Å²) in [6, 6.07) is 0. The molecule has 0 amide bonds. The van der Waals surface area contributed by atoms with Crippen LogP contribution in [0.5, 0.6) is 0 Å². The fraction of sp³-hybridized carbons (Fsp3) is 0.554. The molecule has 0 aliphatic rings. The Bertz CT molecular complexity index is 1400. The number of hydrogen-bond acceptors (Lipinski definition) is 6. The van der Waals surface area contributed by atoms with E-state index in [1.165, 1.54) is 38.5 Å². The van der Waals surface area contributed by atoms with Crippen LogP contribution in [0.25, 0.3) is 0 Å². The van der Waals surface area contributed by atoms with Crippen LogP contribution in [0.1, 0.15) is 181 Å². The quantitative estimate of drug-likeness (QED) is 0.0264. The molecule has 0 saturated carbocycles. The molecule has 0 aliphatic carbocycles. The predicted molar refractivity (Wildman–Crippen MR) is 265 cm³/mol. The number of esters is 3. The van der Waals surface area contributed by atoms with Crippen LogP contribution in [0, 0.1) is 0 Å². The van der Waals surface area contributed by atoms with E-state index in [9.17, 15) is 14.4 Å². The van der Waals surface area contributed by atoms with Gasteiger partial charge in [-0.25, -0.2) is 0 Å². The number of carbonyl (C=O) groups is 3. The minimum Gasteiger partial charge on any atom is -0.462 e. The lowest BCUT2D eigenvalue weighted by Crippen LogP contribution is -2.30. The second kappa shape index (κ2) is 49.2. The first-order chi connectivity index (χ1) is 30.5. The Labute approximate surface area is 379 Å². The number of carbonyl (C=O) groups excluding carboxylic acids is 3. The van der Waals surface area contributed by atoms with Crippen molar-refractivity contribution in [1.29, 1.82) is 0 Å². The normalized spacial score (nSPS) is 13.3. The molecule has 0 saturated heterocycles. The third kappa shape index (κ3) is 46.6. The summed E-state index contributed by atoms with van der Waals surface area (Å²) in [5, 5.41) is 0. The first kappa shape index (κ1) is 57.5. The number of hydrogen-bond donors (Lipinski definition) is 0. The van der Waals surface area contributed by atoms with Crippen LogP contribution in [-0.4, -0.2) is 37.2 Å². The van der Waals surface area contributed by atoms with Crippen molar-refractivity contribution in [3.05, 3.63) is 134 Å². The first-order valence-electron chi connectivity index (χ1n) is 24.2. The van der Waals surface area contributed by atoms with Crippen LogP contribution < -0.4 is 0 Å². The topological polar surface area (TPSA) is 78.9 Å². The van der Waals surface area contributed by atoms with Crippen LogP contribution in [-0.2, 0) is 28.6 Å². The fourth-order valence-electron chi connectivity index (χ4n) is 5.92. The molecular formula is C56H86O6. The molecule has 0 aromatic heterocycles. The molecule has 0 bridgehead atoms. The molecule has 0 aliphatic heterocycles. The molecule has 6 heteroatoms. The van der Waals surface area contributed by atoms with E-state index in [0.717, 1.165) is 96.3 Å². The smallest absolute Gasteiger partial charge is 0.309 e. The van der Waals surface area contributed by atoms with Gasteiger partial charge >= 0.3 is 17.9 Å². The maximum absolute atomic E-state index is 12.7. The lowest BCUT2D eigenvalue weighted by molar-refractivity contribution is -0.166. The van der Waals surface area contributed by atoms with Crippen LogP contribution in [0.2, 0.25) is 0 Å². The molecule has 0 N–H and O–H groups in total. The van der Waals surface area contributed by atoms with Crippen molar-refractivity contribution in [2.75, 3.05) is 13.2 Å². The molecule has 0 radical (unpaired) electrons. The monoisotopic (exact) mass is 855 g/mol. The van der Waals surface area contributed by atoms with Gasteiger partial charge in [0.25, 0.3) is 0 Å². The highest BCUT2D eigenvalue weighted by atomic mass is 16.6. The van der Waals surface area contributed by atoms with Gasteiger partial charge in [-0.15, -0.1) is 0 Å².